The number of rotatable bonds is 1. The molecule has 0 amide bonds. The van der Waals surface area contributed by atoms with Gasteiger partial charge in [-0.25, -0.2) is 19.2 Å². The Hall–Kier alpha value is -2.26. The van der Waals surface area contributed by atoms with Crippen LogP contribution in [0.3, 0.4) is 0 Å². The molecule has 2 aliphatic heterocycles. The number of fused-ring (bicyclic) bond motifs is 2. The van der Waals surface area contributed by atoms with E-state index in [1.165, 1.54) is 24.3 Å². The molecule has 0 saturated carbocycles. The molecule has 0 spiro atoms. The fraction of sp³-hybridized carbons (Fsp3) is 0. The quantitative estimate of drug-likeness (QED) is 0.374. The number of hydrogen-bond donors (Lipinski definition) is 0. The molecule has 24 heavy (non-hydrogen) atoms. The molecule has 8 heteroatoms. The third-order valence-electron chi connectivity index (χ3n) is 3.76. The topological polar surface area (TPSA) is 86.7 Å². The van der Waals surface area contributed by atoms with Gasteiger partial charge in [-0.3, -0.25) is 0 Å². The Labute approximate surface area is 152 Å². The van der Waals surface area contributed by atoms with Crippen LogP contribution in [0.4, 0.5) is 0 Å². The Balaban J connectivity index is 1.95. The Morgan fingerprint density at radius 3 is 1.58 bits per heavy atom. The zero-order valence-electron chi connectivity index (χ0n) is 11.5. The summed E-state index contributed by atoms with van der Waals surface area (Å²) in [6.45, 7) is 0. The molecular formula is C16H4ClIO6. The first-order chi connectivity index (χ1) is 11.4. The molecule has 0 unspecified atom stereocenters. The van der Waals surface area contributed by atoms with E-state index in [9.17, 15) is 19.2 Å². The highest BCUT2D eigenvalue weighted by Gasteiger charge is 2.33. The number of cyclic esters (lactones) is 4. The molecule has 0 N–H and O–H groups in total. The Kier molecular flexibility index (Phi) is 3.26. The van der Waals surface area contributed by atoms with Gasteiger partial charge in [0, 0.05) is 14.2 Å². The molecule has 0 fully saturated rings. The Bertz CT molecular complexity index is 929. The van der Waals surface area contributed by atoms with Crippen LogP contribution in [0.15, 0.2) is 24.3 Å². The second kappa shape index (κ2) is 5.12. The van der Waals surface area contributed by atoms with Crippen molar-refractivity contribution in [1.29, 1.82) is 0 Å². The first kappa shape index (κ1) is 15.3. The number of benzene rings is 2. The number of ether oxygens (including phenoxy) is 2. The predicted octanol–water partition coefficient (Wildman–Crippen LogP) is 3.23. The molecule has 2 aromatic rings. The summed E-state index contributed by atoms with van der Waals surface area (Å²) in [5, 5.41) is 0.218. The molecule has 2 heterocycles. The van der Waals surface area contributed by atoms with Gasteiger partial charge in [0.05, 0.1) is 22.3 Å². The van der Waals surface area contributed by atoms with Crippen molar-refractivity contribution in [2.24, 2.45) is 0 Å². The highest BCUT2D eigenvalue weighted by Crippen LogP contribution is 2.38. The van der Waals surface area contributed by atoms with E-state index >= 15 is 0 Å². The highest BCUT2D eigenvalue weighted by atomic mass is 127. The molecule has 0 atom stereocenters. The van der Waals surface area contributed by atoms with Crippen LogP contribution >= 0.6 is 34.2 Å². The zero-order chi connectivity index (χ0) is 17.2. The van der Waals surface area contributed by atoms with Crippen molar-refractivity contribution >= 4 is 58.1 Å². The smallest absolute Gasteiger partial charge is 0.346 e. The minimum Gasteiger partial charge on any atom is -0.386 e. The molecule has 2 aliphatic rings. The minimum absolute atomic E-state index is 0.0968. The normalized spacial score (nSPS) is 15.2. The van der Waals surface area contributed by atoms with E-state index in [0.717, 1.165) is 0 Å². The van der Waals surface area contributed by atoms with Crippen LogP contribution in [0.5, 0.6) is 0 Å². The van der Waals surface area contributed by atoms with Crippen LogP contribution in [0.1, 0.15) is 41.4 Å². The maximum Gasteiger partial charge on any atom is 0.346 e. The molecule has 118 valence electrons. The summed E-state index contributed by atoms with van der Waals surface area (Å²) < 4.78 is 9.77. The van der Waals surface area contributed by atoms with Gasteiger partial charge in [0.25, 0.3) is 0 Å². The zero-order valence-corrected chi connectivity index (χ0v) is 14.4. The monoisotopic (exact) mass is 454 g/mol. The van der Waals surface area contributed by atoms with Gasteiger partial charge in [-0.1, -0.05) is 11.6 Å². The SMILES string of the molecule is O=C1OC(=O)c2cc(-c3cc4c(cc3I)C(=O)OC4=O)c(Cl)cc21. The van der Waals surface area contributed by atoms with E-state index in [4.69, 9.17) is 11.6 Å². The average molecular weight is 455 g/mol. The number of esters is 4. The summed E-state index contributed by atoms with van der Waals surface area (Å²) >= 11 is 8.23. The summed E-state index contributed by atoms with van der Waals surface area (Å²) in [4.78, 5) is 46.6. The van der Waals surface area contributed by atoms with E-state index < -0.39 is 23.9 Å². The van der Waals surface area contributed by atoms with Gasteiger partial charge in [0.1, 0.15) is 0 Å². The van der Waals surface area contributed by atoms with Gasteiger partial charge in [0.2, 0.25) is 0 Å². The van der Waals surface area contributed by atoms with Crippen molar-refractivity contribution < 1.29 is 28.7 Å². The van der Waals surface area contributed by atoms with Crippen molar-refractivity contribution in [1.82, 2.24) is 0 Å². The molecular weight excluding hydrogens is 451 g/mol. The van der Waals surface area contributed by atoms with Crippen LogP contribution in [0.25, 0.3) is 11.1 Å². The standard InChI is InChI=1S/C16H4ClIO6/c17-11-3-9-7(13(19)23-15(9)21)1-5(11)6-2-8-10(4-12(6)18)16(22)24-14(8)20/h1-4H. The third-order valence-corrected chi connectivity index (χ3v) is 4.96. The summed E-state index contributed by atoms with van der Waals surface area (Å²) in [5.74, 6) is -2.94. The van der Waals surface area contributed by atoms with Crippen molar-refractivity contribution in [3.05, 3.63) is 55.1 Å². The number of carbonyl (C=O) groups excluding carboxylic acids is 4. The van der Waals surface area contributed by atoms with E-state index in [1.807, 2.05) is 22.6 Å². The lowest BCUT2D eigenvalue weighted by Gasteiger charge is -2.09. The van der Waals surface area contributed by atoms with Crippen LogP contribution in [-0.2, 0) is 9.47 Å². The number of hydrogen-bond acceptors (Lipinski definition) is 6. The molecule has 6 nitrogen and oxygen atoms in total. The Morgan fingerprint density at radius 1 is 0.625 bits per heavy atom. The lowest BCUT2D eigenvalue weighted by molar-refractivity contribution is 0.0425. The maximum atomic E-state index is 11.7. The summed E-state index contributed by atoms with van der Waals surface area (Å²) in [5.41, 5.74) is 1.50. The van der Waals surface area contributed by atoms with Crippen molar-refractivity contribution in [3.63, 3.8) is 0 Å². The van der Waals surface area contributed by atoms with E-state index in [1.54, 1.807) is 0 Å². The number of carbonyl (C=O) groups is 4. The fourth-order valence-corrected chi connectivity index (χ4v) is 3.65. The summed E-state index contributed by atoms with van der Waals surface area (Å²) in [6, 6.07) is 5.80. The molecule has 0 aliphatic carbocycles. The summed E-state index contributed by atoms with van der Waals surface area (Å²) in [6.07, 6.45) is 0. The van der Waals surface area contributed by atoms with Gasteiger partial charge in [-0.15, -0.1) is 0 Å². The van der Waals surface area contributed by atoms with Gasteiger partial charge >= 0.3 is 23.9 Å². The van der Waals surface area contributed by atoms with Gasteiger partial charge < -0.3 is 9.47 Å². The van der Waals surface area contributed by atoms with Crippen molar-refractivity contribution in [2.45, 2.75) is 0 Å². The van der Waals surface area contributed by atoms with E-state index in [-0.39, 0.29) is 27.3 Å². The van der Waals surface area contributed by atoms with Crippen LogP contribution < -0.4 is 0 Å². The summed E-state index contributed by atoms with van der Waals surface area (Å²) in [7, 11) is 0. The molecule has 0 radical (unpaired) electrons. The van der Waals surface area contributed by atoms with Crippen LogP contribution in [0, 0.1) is 3.57 Å². The van der Waals surface area contributed by atoms with Crippen LogP contribution in [0.2, 0.25) is 5.02 Å². The minimum atomic E-state index is -0.751. The molecule has 4 rings (SSSR count). The molecule has 0 saturated heterocycles. The fourth-order valence-electron chi connectivity index (χ4n) is 2.62. The lowest BCUT2D eigenvalue weighted by Crippen LogP contribution is -1.98. The molecule has 0 aromatic heterocycles. The Morgan fingerprint density at radius 2 is 1.04 bits per heavy atom. The van der Waals surface area contributed by atoms with Crippen molar-refractivity contribution in [2.75, 3.05) is 0 Å². The maximum absolute atomic E-state index is 11.7. The predicted molar refractivity (Wildman–Crippen MR) is 89.1 cm³/mol. The third kappa shape index (κ3) is 2.08. The van der Waals surface area contributed by atoms with Gasteiger partial charge in [-0.2, -0.15) is 0 Å². The number of halogens is 2. The van der Waals surface area contributed by atoms with Gasteiger partial charge in [0.15, 0.2) is 0 Å². The molecule has 2 aromatic carbocycles. The first-order valence-electron chi connectivity index (χ1n) is 6.57. The second-order valence-corrected chi connectivity index (χ2v) is 6.68. The highest BCUT2D eigenvalue weighted by molar-refractivity contribution is 14.1. The first-order valence-corrected chi connectivity index (χ1v) is 8.03. The largest absolute Gasteiger partial charge is 0.386 e. The average Bonchev–Trinajstić information content (AvgIpc) is 2.95. The lowest BCUT2D eigenvalue weighted by atomic mass is 9.97. The van der Waals surface area contributed by atoms with Gasteiger partial charge in [-0.05, 0) is 52.4 Å². The second-order valence-electron chi connectivity index (χ2n) is 5.11. The van der Waals surface area contributed by atoms with E-state index in [0.29, 0.717) is 14.7 Å². The molecule has 0 bridgehead atoms. The van der Waals surface area contributed by atoms with Crippen LogP contribution in [-0.4, -0.2) is 23.9 Å². The van der Waals surface area contributed by atoms with E-state index in [2.05, 4.69) is 9.47 Å². The van der Waals surface area contributed by atoms with Crippen molar-refractivity contribution in [3.8, 4) is 11.1 Å².